The summed E-state index contributed by atoms with van der Waals surface area (Å²) in [6.07, 6.45) is 0. The fraction of sp³-hybridized carbons (Fsp3) is 0.308. The number of hydrogen-bond donors (Lipinski definition) is 1. The molecule has 0 aliphatic carbocycles. The number of nitrogens with zero attached hydrogens (tertiary/aromatic N) is 2. The highest BCUT2D eigenvalue weighted by molar-refractivity contribution is 6.43. The zero-order valence-corrected chi connectivity index (χ0v) is 13.5. The van der Waals surface area contributed by atoms with Crippen LogP contribution in [0.5, 0.6) is 11.6 Å². The van der Waals surface area contributed by atoms with E-state index in [0.717, 1.165) is 0 Å². The van der Waals surface area contributed by atoms with Gasteiger partial charge in [-0.15, -0.1) is 0 Å². The van der Waals surface area contributed by atoms with Crippen LogP contribution in [0.1, 0.15) is 25.6 Å². The molecule has 0 atom stereocenters. The van der Waals surface area contributed by atoms with Crippen molar-refractivity contribution in [1.29, 1.82) is 0 Å². The molecule has 0 aliphatic heterocycles. The normalized spacial score (nSPS) is 11.2. The van der Waals surface area contributed by atoms with Gasteiger partial charge in [0.25, 0.3) is 0 Å². The minimum atomic E-state index is 0.0996. The number of rotatable bonds is 3. The van der Waals surface area contributed by atoms with Crippen molar-refractivity contribution < 1.29 is 4.74 Å². The summed E-state index contributed by atoms with van der Waals surface area (Å²) in [5.74, 6) is 0.826. The van der Waals surface area contributed by atoms with Gasteiger partial charge in [-0.05, 0) is 26.8 Å². The minimum absolute atomic E-state index is 0.0996. The van der Waals surface area contributed by atoms with E-state index in [1.165, 1.54) is 6.07 Å². The van der Waals surface area contributed by atoms with Crippen LogP contribution in [0.2, 0.25) is 15.1 Å². The van der Waals surface area contributed by atoms with Gasteiger partial charge >= 0.3 is 0 Å². The van der Waals surface area contributed by atoms with Crippen LogP contribution in [-0.2, 0) is 0 Å². The van der Waals surface area contributed by atoms with E-state index in [1.54, 1.807) is 10.7 Å². The first kappa shape index (κ1) is 15.3. The minimum Gasteiger partial charge on any atom is -0.436 e. The van der Waals surface area contributed by atoms with Crippen molar-refractivity contribution in [3.63, 3.8) is 0 Å². The third-order valence-electron chi connectivity index (χ3n) is 2.76. The number of hydrogen-bond acceptors (Lipinski definition) is 3. The molecule has 108 valence electrons. The first-order chi connectivity index (χ1) is 9.31. The molecular weight excluding hydrogens is 321 g/mol. The summed E-state index contributed by atoms with van der Waals surface area (Å²) in [4.78, 5) is 0. The number of nitrogens with two attached hydrogens (primary N) is 1. The summed E-state index contributed by atoms with van der Waals surface area (Å²) >= 11 is 18.0. The smallest absolute Gasteiger partial charge is 0.241 e. The van der Waals surface area contributed by atoms with Gasteiger partial charge in [0.05, 0.1) is 26.8 Å². The van der Waals surface area contributed by atoms with E-state index >= 15 is 0 Å². The van der Waals surface area contributed by atoms with Crippen molar-refractivity contribution in [1.82, 2.24) is 9.78 Å². The second-order valence-corrected chi connectivity index (χ2v) is 5.86. The van der Waals surface area contributed by atoms with Crippen LogP contribution in [-0.4, -0.2) is 9.78 Å². The van der Waals surface area contributed by atoms with Crippen molar-refractivity contribution >= 4 is 40.5 Å². The molecule has 2 N–H and O–H groups in total. The van der Waals surface area contributed by atoms with Crippen molar-refractivity contribution in [2.75, 3.05) is 5.73 Å². The summed E-state index contributed by atoms with van der Waals surface area (Å²) in [5.41, 5.74) is 7.17. The van der Waals surface area contributed by atoms with E-state index in [0.29, 0.717) is 38.1 Å². The maximum absolute atomic E-state index is 6.10. The number of aryl methyl sites for hydroxylation is 1. The van der Waals surface area contributed by atoms with Crippen molar-refractivity contribution in [2.24, 2.45) is 0 Å². The highest BCUT2D eigenvalue weighted by atomic mass is 35.5. The van der Waals surface area contributed by atoms with E-state index in [-0.39, 0.29) is 6.04 Å². The molecule has 2 aromatic rings. The molecular formula is C13H14Cl3N3O. The lowest BCUT2D eigenvalue weighted by Gasteiger charge is -2.13. The Labute approximate surface area is 132 Å². The highest BCUT2D eigenvalue weighted by Crippen LogP contribution is 2.39. The van der Waals surface area contributed by atoms with Crippen LogP contribution in [0, 0.1) is 6.92 Å². The summed E-state index contributed by atoms with van der Waals surface area (Å²) < 4.78 is 7.49. The molecule has 1 heterocycles. The topological polar surface area (TPSA) is 53.1 Å². The molecule has 0 unspecified atom stereocenters. The predicted molar refractivity (Wildman–Crippen MR) is 83.3 cm³/mol. The molecule has 0 fully saturated rings. The van der Waals surface area contributed by atoms with Crippen LogP contribution >= 0.6 is 34.8 Å². The van der Waals surface area contributed by atoms with E-state index in [2.05, 4.69) is 5.10 Å². The van der Waals surface area contributed by atoms with Crippen LogP contribution in [0.3, 0.4) is 0 Å². The van der Waals surface area contributed by atoms with E-state index in [1.807, 2.05) is 20.8 Å². The molecule has 0 radical (unpaired) electrons. The van der Waals surface area contributed by atoms with E-state index in [4.69, 9.17) is 45.3 Å². The van der Waals surface area contributed by atoms with E-state index in [9.17, 15) is 0 Å². The zero-order valence-electron chi connectivity index (χ0n) is 11.2. The Kier molecular flexibility index (Phi) is 4.37. The molecule has 0 aliphatic rings. The third kappa shape index (κ3) is 2.82. The van der Waals surface area contributed by atoms with Gasteiger partial charge in [0.15, 0.2) is 0 Å². The Morgan fingerprint density at radius 1 is 1.15 bits per heavy atom. The SMILES string of the molecule is Cc1nn(C(C)C)c(Oc2cc(Cl)c(Cl)cc2Cl)c1N. The molecule has 1 aromatic carbocycles. The van der Waals surface area contributed by atoms with Crippen molar-refractivity contribution in [3.05, 3.63) is 32.9 Å². The molecule has 0 spiro atoms. The Balaban J connectivity index is 2.47. The second-order valence-electron chi connectivity index (χ2n) is 4.64. The zero-order chi connectivity index (χ0) is 15.0. The average Bonchev–Trinajstić information content (AvgIpc) is 2.64. The van der Waals surface area contributed by atoms with Gasteiger partial charge in [-0.2, -0.15) is 5.10 Å². The quantitative estimate of drug-likeness (QED) is 0.794. The monoisotopic (exact) mass is 333 g/mol. The first-order valence-corrected chi connectivity index (χ1v) is 7.11. The Morgan fingerprint density at radius 3 is 2.35 bits per heavy atom. The fourth-order valence-corrected chi connectivity index (χ4v) is 2.25. The van der Waals surface area contributed by atoms with Crippen LogP contribution in [0.15, 0.2) is 12.1 Å². The average molecular weight is 335 g/mol. The van der Waals surface area contributed by atoms with Gasteiger partial charge < -0.3 is 10.5 Å². The van der Waals surface area contributed by atoms with Crippen LogP contribution in [0.25, 0.3) is 0 Å². The fourth-order valence-electron chi connectivity index (χ4n) is 1.68. The lowest BCUT2D eigenvalue weighted by Crippen LogP contribution is -2.05. The lowest BCUT2D eigenvalue weighted by molar-refractivity contribution is 0.390. The standard InChI is InChI=1S/C13H14Cl3N3O/c1-6(2)19-13(12(17)7(3)18-19)20-11-5-9(15)8(14)4-10(11)16/h4-6H,17H2,1-3H3. The lowest BCUT2D eigenvalue weighted by atomic mass is 10.3. The second kappa shape index (κ2) is 5.72. The van der Waals surface area contributed by atoms with Gasteiger partial charge in [0, 0.05) is 6.07 Å². The highest BCUT2D eigenvalue weighted by Gasteiger charge is 2.18. The van der Waals surface area contributed by atoms with Gasteiger partial charge in [-0.1, -0.05) is 34.8 Å². The number of ether oxygens (including phenoxy) is 1. The largest absolute Gasteiger partial charge is 0.436 e. The molecule has 4 nitrogen and oxygen atoms in total. The molecule has 0 saturated carbocycles. The molecule has 0 bridgehead atoms. The summed E-state index contributed by atoms with van der Waals surface area (Å²) in [7, 11) is 0. The molecule has 20 heavy (non-hydrogen) atoms. The Hall–Kier alpha value is -1.10. The molecule has 1 aromatic heterocycles. The summed E-state index contributed by atoms with van der Waals surface area (Å²) in [6, 6.07) is 3.18. The number of anilines is 1. The van der Waals surface area contributed by atoms with Crippen LogP contribution < -0.4 is 10.5 Å². The number of aromatic nitrogens is 2. The van der Waals surface area contributed by atoms with Crippen molar-refractivity contribution in [3.8, 4) is 11.6 Å². The number of nitrogen functional groups attached to an aromatic ring is 1. The third-order valence-corrected chi connectivity index (χ3v) is 3.77. The molecule has 7 heteroatoms. The summed E-state index contributed by atoms with van der Waals surface area (Å²) in [6.45, 7) is 5.78. The van der Waals surface area contributed by atoms with Gasteiger partial charge in [0.1, 0.15) is 11.4 Å². The molecule has 0 saturated heterocycles. The Morgan fingerprint density at radius 2 is 1.75 bits per heavy atom. The number of benzene rings is 1. The molecule has 2 rings (SSSR count). The number of halogens is 3. The van der Waals surface area contributed by atoms with Gasteiger partial charge in [-0.25, -0.2) is 4.68 Å². The maximum Gasteiger partial charge on any atom is 0.241 e. The summed E-state index contributed by atoms with van der Waals surface area (Å²) in [5, 5.41) is 5.42. The molecule has 0 amide bonds. The van der Waals surface area contributed by atoms with Gasteiger partial charge in [-0.3, -0.25) is 0 Å². The van der Waals surface area contributed by atoms with Crippen molar-refractivity contribution in [2.45, 2.75) is 26.8 Å². The predicted octanol–water partition coefficient (Wildman–Crippen LogP) is 5.11. The Bertz CT molecular complexity index is 653. The first-order valence-electron chi connectivity index (χ1n) is 5.98. The van der Waals surface area contributed by atoms with E-state index < -0.39 is 0 Å². The maximum atomic E-state index is 6.10. The van der Waals surface area contributed by atoms with Gasteiger partial charge in [0.2, 0.25) is 5.88 Å². The van der Waals surface area contributed by atoms with Crippen LogP contribution in [0.4, 0.5) is 5.69 Å².